The molecule has 0 aliphatic heterocycles. The van der Waals surface area contributed by atoms with E-state index in [0.717, 1.165) is 5.01 Å². The summed E-state index contributed by atoms with van der Waals surface area (Å²) in [5.41, 5.74) is 0. The molecule has 0 saturated heterocycles. The van der Waals surface area contributed by atoms with Gasteiger partial charge in [0, 0.05) is 11.6 Å². The van der Waals surface area contributed by atoms with E-state index >= 15 is 0 Å². The minimum atomic E-state index is -1.04. The second kappa shape index (κ2) is 6.19. The van der Waals surface area contributed by atoms with Crippen molar-refractivity contribution in [1.29, 1.82) is 0 Å². The van der Waals surface area contributed by atoms with Crippen molar-refractivity contribution in [3.63, 3.8) is 0 Å². The Morgan fingerprint density at radius 1 is 1.53 bits per heavy atom. The van der Waals surface area contributed by atoms with Crippen molar-refractivity contribution < 1.29 is 14.7 Å². The van der Waals surface area contributed by atoms with Crippen molar-refractivity contribution in [1.82, 2.24) is 15.6 Å². The molecule has 0 aliphatic rings. The van der Waals surface area contributed by atoms with Gasteiger partial charge in [-0.3, -0.25) is 0 Å². The Morgan fingerprint density at radius 3 is 2.71 bits per heavy atom. The van der Waals surface area contributed by atoms with E-state index < -0.39 is 18.0 Å². The average Bonchev–Trinajstić information content (AvgIpc) is 2.74. The molecule has 0 saturated carbocycles. The van der Waals surface area contributed by atoms with Crippen LogP contribution in [0.3, 0.4) is 0 Å². The van der Waals surface area contributed by atoms with Gasteiger partial charge in [0.2, 0.25) is 0 Å². The number of carbonyl (C=O) groups is 2. The summed E-state index contributed by atoms with van der Waals surface area (Å²) in [4.78, 5) is 26.3. The molecule has 0 bridgehead atoms. The van der Waals surface area contributed by atoms with Crippen molar-refractivity contribution in [2.75, 3.05) is 0 Å². The van der Waals surface area contributed by atoms with Gasteiger partial charge in [0.15, 0.2) is 0 Å². The molecule has 0 fully saturated rings. The van der Waals surface area contributed by atoms with Crippen LogP contribution in [-0.2, 0) is 11.3 Å². The molecule has 17 heavy (non-hydrogen) atoms. The first-order valence-electron chi connectivity index (χ1n) is 5.16. The number of rotatable bonds is 5. The largest absolute Gasteiger partial charge is 0.480 e. The van der Waals surface area contributed by atoms with Crippen LogP contribution in [0.15, 0.2) is 11.6 Å². The van der Waals surface area contributed by atoms with E-state index in [9.17, 15) is 9.59 Å². The minimum Gasteiger partial charge on any atom is -0.480 e. The maximum absolute atomic E-state index is 11.4. The van der Waals surface area contributed by atoms with Gasteiger partial charge in [-0.2, -0.15) is 0 Å². The first kappa shape index (κ1) is 13.4. The molecule has 6 nitrogen and oxygen atoms in total. The van der Waals surface area contributed by atoms with E-state index in [-0.39, 0.29) is 5.92 Å². The van der Waals surface area contributed by atoms with Gasteiger partial charge in [-0.15, -0.1) is 11.3 Å². The molecule has 2 amide bonds. The fourth-order valence-electron chi connectivity index (χ4n) is 1.20. The van der Waals surface area contributed by atoms with E-state index in [1.165, 1.54) is 11.3 Å². The molecule has 0 radical (unpaired) electrons. The topological polar surface area (TPSA) is 91.3 Å². The minimum absolute atomic E-state index is 0.168. The molecular formula is C10H15N3O3S. The van der Waals surface area contributed by atoms with Crippen molar-refractivity contribution in [3.05, 3.63) is 16.6 Å². The van der Waals surface area contributed by atoms with Crippen LogP contribution in [-0.4, -0.2) is 28.1 Å². The van der Waals surface area contributed by atoms with Crippen LogP contribution in [0, 0.1) is 5.92 Å². The number of hydrogen-bond acceptors (Lipinski definition) is 4. The first-order valence-corrected chi connectivity index (χ1v) is 6.04. The van der Waals surface area contributed by atoms with E-state index in [4.69, 9.17) is 5.11 Å². The van der Waals surface area contributed by atoms with Gasteiger partial charge in [-0.25, -0.2) is 14.6 Å². The van der Waals surface area contributed by atoms with E-state index in [1.54, 1.807) is 20.0 Å². The zero-order valence-electron chi connectivity index (χ0n) is 9.64. The first-order chi connectivity index (χ1) is 8.00. The number of carboxylic acids is 1. The highest BCUT2D eigenvalue weighted by Gasteiger charge is 2.23. The van der Waals surface area contributed by atoms with Crippen LogP contribution in [0.1, 0.15) is 18.9 Å². The summed E-state index contributed by atoms with van der Waals surface area (Å²) in [6.07, 6.45) is 1.65. The SMILES string of the molecule is CC(C)[C@@H](NC(=O)NCc1nccs1)C(=O)O. The predicted octanol–water partition coefficient (Wildman–Crippen LogP) is 1.05. The zero-order valence-corrected chi connectivity index (χ0v) is 10.5. The summed E-state index contributed by atoms with van der Waals surface area (Å²) < 4.78 is 0. The molecule has 1 aromatic heterocycles. The Labute approximate surface area is 103 Å². The molecule has 0 spiro atoms. The lowest BCUT2D eigenvalue weighted by Gasteiger charge is -2.17. The molecule has 3 N–H and O–H groups in total. The number of urea groups is 1. The number of hydrogen-bond donors (Lipinski definition) is 3. The van der Waals surface area contributed by atoms with Crippen LogP contribution < -0.4 is 10.6 Å². The highest BCUT2D eigenvalue weighted by atomic mass is 32.1. The molecule has 1 rings (SSSR count). The molecule has 1 aromatic rings. The Bertz CT molecular complexity index is 378. The fourth-order valence-corrected chi connectivity index (χ4v) is 1.76. The van der Waals surface area contributed by atoms with Crippen molar-refractivity contribution in [2.45, 2.75) is 26.4 Å². The number of carbonyl (C=O) groups excluding carboxylic acids is 1. The summed E-state index contributed by atoms with van der Waals surface area (Å²) in [7, 11) is 0. The summed E-state index contributed by atoms with van der Waals surface area (Å²) in [6.45, 7) is 3.77. The van der Waals surface area contributed by atoms with Crippen LogP contribution >= 0.6 is 11.3 Å². The Kier molecular flexibility index (Phi) is 4.89. The Hall–Kier alpha value is -1.63. The molecule has 1 atom stereocenters. The van der Waals surface area contributed by atoms with Gasteiger partial charge in [0.1, 0.15) is 11.0 Å². The van der Waals surface area contributed by atoms with Crippen molar-refractivity contribution in [3.8, 4) is 0 Å². The normalized spacial score (nSPS) is 12.2. The molecule has 0 aliphatic carbocycles. The monoisotopic (exact) mass is 257 g/mol. The second-order valence-electron chi connectivity index (χ2n) is 3.81. The predicted molar refractivity (Wildman–Crippen MR) is 63.7 cm³/mol. The number of thiazole rings is 1. The van der Waals surface area contributed by atoms with Crippen LogP contribution in [0.5, 0.6) is 0 Å². The van der Waals surface area contributed by atoms with Gasteiger partial charge in [-0.05, 0) is 5.92 Å². The van der Waals surface area contributed by atoms with Crippen LogP contribution in [0.4, 0.5) is 4.79 Å². The van der Waals surface area contributed by atoms with Gasteiger partial charge in [-0.1, -0.05) is 13.8 Å². The molecule has 94 valence electrons. The van der Waals surface area contributed by atoms with Crippen LogP contribution in [0.25, 0.3) is 0 Å². The molecule has 1 heterocycles. The maximum atomic E-state index is 11.4. The average molecular weight is 257 g/mol. The summed E-state index contributed by atoms with van der Waals surface area (Å²) in [6, 6.07) is -1.38. The molecule has 0 unspecified atom stereocenters. The van der Waals surface area contributed by atoms with Crippen LogP contribution in [0.2, 0.25) is 0 Å². The smallest absolute Gasteiger partial charge is 0.326 e. The molecule has 0 aromatic carbocycles. The number of nitrogens with one attached hydrogen (secondary N) is 2. The number of amides is 2. The Balaban J connectivity index is 2.40. The van der Waals surface area contributed by atoms with Gasteiger partial charge < -0.3 is 15.7 Å². The third-order valence-corrected chi connectivity index (χ3v) is 2.88. The summed E-state index contributed by atoms with van der Waals surface area (Å²) in [5, 5.41) is 16.4. The Morgan fingerprint density at radius 2 is 2.24 bits per heavy atom. The van der Waals surface area contributed by atoms with E-state index in [2.05, 4.69) is 15.6 Å². The lowest BCUT2D eigenvalue weighted by atomic mass is 10.1. The third kappa shape index (κ3) is 4.39. The van der Waals surface area contributed by atoms with Gasteiger partial charge >= 0.3 is 12.0 Å². The second-order valence-corrected chi connectivity index (χ2v) is 4.79. The van der Waals surface area contributed by atoms with Crippen molar-refractivity contribution >= 4 is 23.3 Å². The van der Waals surface area contributed by atoms with Crippen molar-refractivity contribution in [2.24, 2.45) is 5.92 Å². The molecular weight excluding hydrogens is 242 g/mol. The lowest BCUT2D eigenvalue weighted by molar-refractivity contribution is -0.140. The maximum Gasteiger partial charge on any atom is 0.326 e. The third-order valence-electron chi connectivity index (χ3n) is 2.10. The number of aliphatic carboxylic acids is 1. The fraction of sp³-hybridized carbons (Fsp3) is 0.500. The standard InChI is InChI=1S/C10H15N3O3S/c1-6(2)8(9(14)15)13-10(16)12-5-7-11-3-4-17-7/h3-4,6,8H,5H2,1-2H3,(H,14,15)(H2,12,13,16)/t8-/m1/s1. The van der Waals surface area contributed by atoms with E-state index in [1.807, 2.05) is 5.38 Å². The van der Waals surface area contributed by atoms with Gasteiger partial charge in [0.25, 0.3) is 0 Å². The quantitative estimate of drug-likeness (QED) is 0.735. The molecule has 7 heteroatoms. The number of carboxylic acid groups (broad SMARTS) is 1. The lowest BCUT2D eigenvalue weighted by Crippen LogP contribution is -2.48. The van der Waals surface area contributed by atoms with Gasteiger partial charge in [0.05, 0.1) is 6.54 Å². The summed E-state index contributed by atoms with van der Waals surface area (Å²) in [5.74, 6) is -1.21. The zero-order chi connectivity index (χ0) is 12.8. The highest BCUT2D eigenvalue weighted by Crippen LogP contribution is 2.03. The highest BCUT2D eigenvalue weighted by molar-refractivity contribution is 7.09. The number of aromatic nitrogens is 1. The number of nitrogens with zero attached hydrogens (tertiary/aromatic N) is 1. The van der Waals surface area contributed by atoms with E-state index in [0.29, 0.717) is 6.54 Å². The summed E-state index contributed by atoms with van der Waals surface area (Å²) >= 11 is 1.43.